The van der Waals surface area contributed by atoms with Gasteiger partial charge in [0, 0.05) is 17.4 Å². The molecule has 0 amide bonds. The number of aryl methyl sites for hydroxylation is 1. The normalized spacial score (nSPS) is 28.6. The lowest BCUT2D eigenvalue weighted by atomic mass is 9.79. The molecule has 2 aliphatic rings. The van der Waals surface area contributed by atoms with Crippen LogP contribution in [0.15, 0.2) is 36.5 Å². The van der Waals surface area contributed by atoms with Crippen molar-refractivity contribution in [3.05, 3.63) is 42.1 Å². The van der Waals surface area contributed by atoms with E-state index in [-0.39, 0.29) is 0 Å². The fourth-order valence-corrected chi connectivity index (χ4v) is 3.05. The third-order valence-corrected chi connectivity index (χ3v) is 3.99. The summed E-state index contributed by atoms with van der Waals surface area (Å²) in [5, 5.41) is 0. The Morgan fingerprint density at radius 1 is 1.19 bits per heavy atom. The Morgan fingerprint density at radius 3 is 2.69 bits per heavy atom. The van der Waals surface area contributed by atoms with Crippen LogP contribution in [0.25, 0.3) is 0 Å². The molecule has 0 radical (unpaired) electrons. The van der Waals surface area contributed by atoms with Crippen molar-refractivity contribution in [2.45, 2.75) is 38.6 Å². The van der Waals surface area contributed by atoms with Crippen LogP contribution in [-0.4, -0.2) is 6.04 Å². The first-order chi connectivity index (χ1) is 7.75. The van der Waals surface area contributed by atoms with Gasteiger partial charge in [0.05, 0.1) is 0 Å². The van der Waals surface area contributed by atoms with Gasteiger partial charge in [-0.05, 0) is 43.2 Å². The highest BCUT2D eigenvalue weighted by molar-refractivity contribution is 5.61. The van der Waals surface area contributed by atoms with E-state index in [1.54, 1.807) is 0 Å². The van der Waals surface area contributed by atoms with E-state index < -0.39 is 0 Å². The van der Waals surface area contributed by atoms with Gasteiger partial charge in [0.15, 0.2) is 0 Å². The van der Waals surface area contributed by atoms with Crippen LogP contribution < -0.4 is 4.90 Å². The minimum absolute atomic E-state index is 0.712. The number of nitrogens with zero attached hydrogens (tertiary/aromatic N) is 1. The van der Waals surface area contributed by atoms with Crippen LogP contribution in [0.4, 0.5) is 5.69 Å². The number of hydrogen-bond donors (Lipinski definition) is 0. The minimum Gasteiger partial charge on any atom is -0.342 e. The van der Waals surface area contributed by atoms with Gasteiger partial charge in [0.2, 0.25) is 0 Å². The van der Waals surface area contributed by atoms with Crippen LogP contribution in [0.2, 0.25) is 0 Å². The third-order valence-electron chi connectivity index (χ3n) is 3.99. The summed E-state index contributed by atoms with van der Waals surface area (Å²) in [5.41, 5.74) is 4.22. The first-order valence-corrected chi connectivity index (χ1v) is 6.30. The van der Waals surface area contributed by atoms with Crippen LogP contribution in [-0.2, 0) is 6.42 Å². The first-order valence-electron chi connectivity index (χ1n) is 6.30. The zero-order chi connectivity index (χ0) is 11.1. The predicted octanol–water partition coefficient (Wildman–Crippen LogP) is 3.75. The van der Waals surface area contributed by atoms with E-state index in [1.807, 2.05) is 0 Å². The molecule has 1 aromatic rings. The van der Waals surface area contributed by atoms with Gasteiger partial charge in [-0.15, -0.1) is 0 Å². The number of rotatable bonds is 1. The third kappa shape index (κ3) is 1.46. The molecule has 0 atom stereocenters. The summed E-state index contributed by atoms with van der Waals surface area (Å²) >= 11 is 0. The van der Waals surface area contributed by atoms with Crippen LogP contribution >= 0.6 is 0 Å². The maximum Gasteiger partial charge on any atom is 0.0443 e. The minimum atomic E-state index is 0.712. The van der Waals surface area contributed by atoms with Crippen LogP contribution in [0, 0.1) is 5.92 Å². The van der Waals surface area contributed by atoms with Crippen molar-refractivity contribution >= 4 is 5.69 Å². The Balaban J connectivity index is 1.94. The highest BCUT2D eigenvalue weighted by Crippen LogP contribution is 2.41. The molecule has 0 N–H and O–H groups in total. The second-order valence-corrected chi connectivity index (χ2v) is 5.30. The average Bonchev–Trinajstić information content (AvgIpc) is 2.26. The van der Waals surface area contributed by atoms with Crippen LogP contribution in [0.1, 0.15) is 31.7 Å². The van der Waals surface area contributed by atoms with Crippen LogP contribution in [0.3, 0.4) is 0 Å². The first kappa shape index (κ1) is 9.95. The van der Waals surface area contributed by atoms with Crippen LogP contribution in [0.5, 0.6) is 0 Å². The molecule has 1 heteroatoms. The standard InChI is InChI=1S/C15H19N/c1-11-9-14(10-11)16-12(2)7-8-13-5-3-4-6-15(13)16/h3-6,11,14H,2,7-10H2,1H3. The number of fused-ring (bicyclic) bond motifs is 1. The fourth-order valence-electron chi connectivity index (χ4n) is 3.05. The SMILES string of the molecule is C=C1CCc2ccccc2N1C1CC(C)C1. The molecule has 1 aliphatic carbocycles. The smallest absolute Gasteiger partial charge is 0.0443 e. The van der Waals surface area contributed by atoms with E-state index in [0.717, 1.165) is 18.8 Å². The second kappa shape index (κ2) is 3.65. The largest absolute Gasteiger partial charge is 0.342 e. The van der Waals surface area contributed by atoms with Crippen molar-refractivity contribution in [2.24, 2.45) is 5.92 Å². The molecule has 3 rings (SSSR count). The molecule has 0 aromatic heterocycles. The number of anilines is 1. The lowest BCUT2D eigenvalue weighted by Crippen LogP contribution is -2.45. The van der Waals surface area contributed by atoms with Gasteiger partial charge >= 0.3 is 0 Å². The Bertz CT molecular complexity index is 415. The zero-order valence-corrected chi connectivity index (χ0v) is 9.95. The van der Waals surface area contributed by atoms with Gasteiger partial charge in [-0.1, -0.05) is 31.7 Å². The maximum absolute atomic E-state index is 4.25. The van der Waals surface area contributed by atoms with E-state index in [1.165, 1.54) is 29.8 Å². The average molecular weight is 213 g/mol. The summed E-state index contributed by atoms with van der Waals surface area (Å²) in [4.78, 5) is 2.50. The molecule has 0 saturated heterocycles. The molecule has 0 spiro atoms. The van der Waals surface area contributed by atoms with Crippen molar-refractivity contribution in [1.29, 1.82) is 0 Å². The molecule has 84 valence electrons. The molecule has 1 aliphatic heterocycles. The summed E-state index contributed by atoms with van der Waals surface area (Å²) in [6.07, 6.45) is 4.94. The molecule has 1 saturated carbocycles. The molecular weight excluding hydrogens is 194 g/mol. The number of hydrogen-bond acceptors (Lipinski definition) is 1. The summed E-state index contributed by atoms with van der Waals surface area (Å²) in [7, 11) is 0. The molecule has 1 aromatic carbocycles. The lowest BCUT2D eigenvalue weighted by molar-refractivity contribution is 0.280. The molecule has 1 heterocycles. The van der Waals surface area contributed by atoms with Crippen molar-refractivity contribution in [3.8, 4) is 0 Å². The fraction of sp³-hybridized carbons (Fsp3) is 0.467. The Morgan fingerprint density at radius 2 is 1.94 bits per heavy atom. The predicted molar refractivity (Wildman–Crippen MR) is 68.6 cm³/mol. The van der Waals surface area contributed by atoms with Gasteiger partial charge < -0.3 is 4.90 Å². The van der Waals surface area contributed by atoms with Crippen molar-refractivity contribution in [3.63, 3.8) is 0 Å². The molecule has 0 unspecified atom stereocenters. The van der Waals surface area contributed by atoms with Crippen molar-refractivity contribution in [2.75, 3.05) is 4.90 Å². The summed E-state index contributed by atoms with van der Waals surface area (Å²) in [6.45, 7) is 6.59. The topological polar surface area (TPSA) is 3.24 Å². The lowest BCUT2D eigenvalue weighted by Gasteiger charge is -2.46. The van der Waals surface area contributed by atoms with Gasteiger partial charge in [-0.25, -0.2) is 0 Å². The zero-order valence-electron chi connectivity index (χ0n) is 9.95. The van der Waals surface area contributed by atoms with E-state index in [9.17, 15) is 0 Å². The van der Waals surface area contributed by atoms with E-state index in [4.69, 9.17) is 0 Å². The van der Waals surface area contributed by atoms with Gasteiger partial charge in [-0.3, -0.25) is 0 Å². The van der Waals surface area contributed by atoms with Gasteiger partial charge in [-0.2, -0.15) is 0 Å². The second-order valence-electron chi connectivity index (χ2n) is 5.30. The molecule has 0 bridgehead atoms. The van der Waals surface area contributed by atoms with E-state index in [0.29, 0.717) is 6.04 Å². The van der Waals surface area contributed by atoms with Gasteiger partial charge in [0.25, 0.3) is 0 Å². The molecule has 1 fully saturated rings. The maximum atomic E-state index is 4.25. The van der Waals surface area contributed by atoms with E-state index in [2.05, 4.69) is 42.7 Å². The number of benzene rings is 1. The number of para-hydroxylation sites is 1. The molecular formula is C15H19N. The summed E-state index contributed by atoms with van der Waals surface area (Å²) in [6, 6.07) is 9.52. The highest BCUT2D eigenvalue weighted by Gasteiger charge is 2.34. The Kier molecular flexibility index (Phi) is 2.27. The number of allylic oxidation sites excluding steroid dienone is 1. The Labute approximate surface area is 97.8 Å². The summed E-state index contributed by atoms with van der Waals surface area (Å²) in [5.74, 6) is 0.895. The Hall–Kier alpha value is -1.24. The van der Waals surface area contributed by atoms with E-state index >= 15 is 0 Å². The van der Waals surface area contributed by atoms with Crippen molar-refractivity contribution < 1.29 is 0 Å². The summed E-state index contributed by atoms with van der Waals surface area (Å²) < 4.78 is 0. The quantitative estimate of drug-likeness (QED) is 0.686. The molecule has 16 heavy (non-hydrogen) atoms. The monoisotopic (exact) mass is 213 g/mol. The van der Waals surface area contributed by atoms with Crippen molar-refractivity contribution in [1.82, 2.24) is 0 Å². The van der Waals surface area contributed by atoms with Gasteiger partial charge in [0.1, 0.15) is 0 Å². The highest BCUT2D eigenvalue weighted by atomic mass is 15.2. The molecule has 1 nitrogen and oxygen atoms in total.